The molecule has 2 rings (SSSR count). The maximum absolute atomic E-state index is 10.9. The van der Waals surface area contributed by atoms with E-state index in [-0.39, 0.29) is 5.97 Å². The van der Waals surface area contributed by atoms with Gasteiger partial charge in [0.05, 0.1) is 7.11 Å². The van der Waals surface area contributed by atoms with E-state index in [1.165, 1.54) is 37.2 Å². The summed E-state index contributed by atoms with van der Waals surface area (Å²) in [6.07, 6.45) is 6.85. The number of esters is 1. The van der Waals surface area contributed by atoms with Gasteiger partial charge in [-0.15, -0.1) is 0 Å². The van der Waals surface area contributed by atoms with E-state index in [0.29, 0.717) is 0 Å². The molecule has 1 aromatic rings. The summed E-state index contributed by atoms with van der Waals surface area (Å²) in [6, 6.07) is 6.35. The third-order valence-corrected chi connectivity index (χ3v) is 2.74. The summed E-state index contributed by atoms with van der Waals surface area (Å²) < 4.78 is 4.54. The zero-order chi connectivity index (χ0) is 10.7. The van der Waals surface area contributed by atoms with Crippen molar-refractivity contribution < 1.29 is 9.53 Å². The quantitative estimate of drug-likeness (QED) is 0.543. The topological polar surface area (TPSA) is 26.3 Å². The number of carbonyl (C=O) groups is 1. The number of ether oxygens (including phenoxy) is 1. The van der Waals surface area contributed by atoms with E-state index in [4.69, 9.17) is 0 Å². The number of aryl methyl sites for hydroxylation is 2. The van der Waals surface area contributed by atoms with Crippen LogP contribution in [0.25, 0.3) is 6.08 Å². The number of hydrogen-bond acceptors (Lipinski definition) is 2. The molecule has 0 saturated heterocycles. The van der Waals surface area contributed by atoms with Gasteiger partial charge >= 0.3 is 5.97 Å². The molecule has 0 unspecified atom stereocenters. The number of benzene rings is 1. The number of methoxy groups -OCH3 is 1. The van der Waals surface area contributed by atoms with Crippen molar-refractivity contribution in [2.45, 2.75) is 19.3 Å². The van der Waals surface area contributed by atoms with Crippen LogP contribution >= 0.6 is 0 Å². The minimum Gasteiger partial charge on any atom is -0.466 e. The van der Waals surface area contributed by atoms with Gasteiger partial charge in [-0.05, 0) is 42.0 Å². The third-order valence-electron chi connectivity index (χ3n) is 2.74. The summed E-state index contributed by atoms with van der Waals surface area (Å²) in [5, 5.41) is 0. The molecule has 0 aliphatic heterocycles. The van der Waals surface area contributed by atoms with Crippen molar-refractivity contribution in [1.29, 1.82) is 0 Å². The van der Waals surface area contributed by atoms with Crippen molar-refractivity contribution in [3.05, 3.63) is 41.0 Å². The van der Waals surface area contributed by atoms with Crippen LogP contribution in [0.1, 0.15) is 23.1 Å². The molecule has 1 aliphatic rings. The monoisotopic (exact) mass is 202 g/mol. The fourth-order valence-corrected chi connectivity index (χ4v) is 1.93. The fourth-order valence-electron chi connectivity index (χ4n) is 1.93. The SMILES string of the molecule is COC(=O)/C=C/c1ccc2c(c1)CCC2. The Labute approximate surface area is 89.6 Å². The van der Waals surface area contributed by atoms with Crippen LogP contribution in [-0.2, 0) is 22.4 Å². The van der Waals surface area contributed by atoms with Crippen molar-refractivity contribution in [1.82, 2.24) is 0 Å². The number of hydrogen-bond donors (Lipinski definition) is 0. The van der Waals surface area contributed by atoms with Gasteiger partial charge in [0.2, 0.25) is 0 Å². The van der Waals surface area contributed by atoms with E-state index in [0.717, 1.165) is 12.0 Å². The lowest BCUT2D eigenvalue weighted by Gasteiger charge is -2.00. The molecule has 15 heavy (non-hydrogen) atoms. The van der Waals surface area contributed by atoms with E-state index in [9.17, 15) is 4.79 Å². The first-order valence-corrected chi connectivity index (χ1v) is 5.17. The molecule has 2 nitrogen and oxygen atoms in total. The Balaban J connectivity index is 2.16. The Morgan fingerprint density at radius 1 is 1.33 bits per heavy atom. The van der Waals surface area contributed by atoms with Gasteiger partial charge < -0.3 is 4.74 Å². The molecule has 0 fully saturated rings. The first-order chi connectivity index (χ1) is 7.29. The van der Waals surface area contributed by atoms with Gasteiger partial charge in [0, 0.05) is 6.08 Å². The molecule has 0 N–H and O–H groups in total. The van der Waals surface area contributed by atoms with Crippen LogP contribution in [-0.4, -0.2) is 13.1 Å². The summed E-state index contributed by atoms with van der Waals surface area (Å²) in [6.45, 7) is 0. The smallest absolute Gasteiger partial charge is 0.330 e. The molecule has 0 atom stereocenters. The Hall–Kier alpha value is -1.57. The first-order valence-electron chi connectivity index (χ1n) is 5.17. The molecule has 0 radical (unpaired) electrons. The minimum absolute atomic E-state index is 0.310. The van der Waals surface area contributed by atoms with Crippen LogP contribution in [0.2, 0.25) is 0 Å². The molecule has 1 aliphatic carbocycles. The highest BCUT2D eigenvalue weighted by Gasteiger charge is 2.09. The third kappa shape index (κ3) is 2.27. The normalized spacial score (nSPS) is 14.2. The van der Waals surface area contributed by atoms with Gasteiger partial charge in [0.15, 0.2) is 0 Å². The van der Waals surface area contributed by atoms with Crippen LogP contribution in [0.15, 0.2) is 24.3 Å². The molecule has 1 aromatic carbocycles. The summed E-state index contributed by atoms with van der Waals surface area (Å²) in [5.74, 6) is -0.310. The average Bonchev–Trinajstić information content (AvgIpc) is 2.72. The highest BCUT2D eigenvalue weighted by atomic mass is 16.5. The lowest BCUT2D eigenvalue weighted by molar-refractivity contribution is -0.134. The van der Waals surface area contributed by atoms with Crippen molar-refractivity contribution >= 4 is 12.0 Å². The minimum atomic E-state index is -0.310. The zero-order valence-corrected chi connectivity index (χ0v) is 8.82. The number of fused-ring (bicyclic) bond motifs is 1. The maximum atomic E-state index is 10.9. The van der Waals surface area contributed by atoms with Crippen LogP contribution in [0.3, 0.4) is 0 Å². The molecule has 0 bridgehead atoms. The molecule has 0 heterocycles. The lowest BCUT2D eigenvalue weighted by atomic mass is 10.1. The van der Waals surface area contributed by atoms with Gasteiger partial charge in [0.1, 0.15) is 0 Å². The molecular weight excluding hydrogens is 188 g/mol. The van der Waals surface area contributed by atoms with Crippen LogP contribution in [0, 0.1) is 0 Å². The van der Waals surface area contributed by atoms with Crippen LogP contribution in [0.5, 0.6) is 0 Å². The number of rotatable bonds is 2. The predicted octanol–water partition coefficient (Wildman–Crippen LogP) is 2.36. The first kappa shape index (κ1) is 9.97. The molecule has 2 heteroatoms. The van der Waals surface area contributed by atoms with Crippen molar-refractivity contribution in [3.63, 3.8) is 0 Å². The maximum Gasteiger partial charge on any atom is 0.330 e. The van der Waals surface area contributed by atoms with Crippen LogP contribution in [0.4, 0.5) is 0 Å². The highest BCUT2D eigenvalue weighted by molar-refractivity contribution is 5.86. The summed E-state index contributed by atoms with van der Waals surface area (Å²) in [4.78, 5) is 10.9. The van der Waals surface area contributed by atoms with Crippen molar-refractivity contribution in [3.8, 4) is 0 Å². The Morgan fingerprint density at radius 2 is 2.13 bits per heavy atom. The van der Waals surface area contributed by atoms with Gasteiger partial charge in [0.25, 0.3) is 0 Å². The molecule has 0 aromatic heterocycles. The second-order valence-electron chi connectivity index (χ2n) is 3.74. The molecule has 78 valence electrons. The second kappa shape index (κ2) is 4.30. The molecule has 0 amide bonds. The lowest BCUT2D eigenvalue weighted by Crippen LogP contribution is -1.93. The summed E-state index contributed by atoms with van der Waals surface area (Å²) in [7, 11) is 1.38. The van der Waals surface area contributed by atoms with Gasteiger partial charge in [-0.1, -0.05) is 18.2 Å². The highest BCUT2D eigenvalue weighted by Crippen LogP contribution is 2.23. The summed E-state index contributed by atoms with van der Waals surface area (Å²) >= 11 is 0. The number of carbonyl (C=O) groups excluding carboxylic acids is 1. The van der Waals surface area contributed by atoms with E-state index in [1.54, 1.807) is 6.08 Å². The molecule has 0 spiro atoms. The zero-order valence-electron chi connectivity index (χ0n) is 8.82. The predicted molar refractivity (Wildman–Crippen MR) is 59.5 cm³/mol. The summed E-state index contributed by atoms with van der Waals surface area (Å²) in [5.41, 5.74) is 3.94. The average molecular weight is 202 g/mol. The standard InChI is InChI=1S/C13H14O2/c1-15-13(14)8-6-10-5-7-11-3-2-4-12(11)9-10/h5-9H,2-4H2,1H3/b8-6+. The van der Waals surface area contributed by atoms with E-state index >= 15 is 0 Å². The Morgan fingerprint density at radius 3 is 2.93 bits per heavy atom. The Bertz CT molecular complexity index is 405. The van der Waals surface area contributed by atoms with Gasteiger partial charge in [-0.3, -0.25) is 0 Å². The van der Waals surface area contributed by atoms with E-state index in [1.807, 2.05) is 6.07 Å². The largest absolute Gasteiger partial charge is 0.466 e. The van der Waals surface area contributed by atoms with E-state index < -0.39 is 0 Å². The molecular formula is C13H14O2. The van der Waals surface area contributed by atoms with Crippen LogP contribution < -0.4 is 0 Å². The van der Waals surface area contributed by atoms with Gasteiger partial charge in [-0.25, -0.2) is 4.79 Å². The second-order valence-corrected chi connectivity index (χ2v) is 3.74. The van der Waals surface area contributed by atoms with Crippen molar-refractivity contribution in [2.24, 2.45) is 0 Å². The fraction of sp³-hybridized carbons (Fsp3) is 0.308. The van der Waals surface area contributed by atoms with Gasteiger partial charge in [-0.2, -0.15) is 0 Å². The van der Waals surface area contributed by atoms with E-state index in [2.05, 4.69) is 16.9 Å². The molecule has 0 saturated carbocycles. The van der Waals surface area contributed by atoms with Crippen molar-refractivity contribution in [2.75, 3.05) is 7.11 Å². The Kier molecular flexibility index (Phi) is 2.86.